The lowest BCUT2D eigenvalue weighted by atomic mass is 10.1. The van der Waals surface area contributed by atoms with Crippen LogP contribution >= 0.6 is 15.9 Å². The van der Waals surface area contributed by atoms with Crippen molar-refractivity contribution in [3.05, 3.63) is 53.0 Å². The summed E-state index contributed by atoms with van der Waals surface area (Å²) in [5, 5.41) is 9.02. The van der Waals surface area contributed by atoms with E-state index in [4.69, 9.17) is 9.84 Å². The summed E-state index contributed by atoms with van der Waals surface area (Å²) in [4.78, 5) is 13.1. The lowest BCUT2D eigenvalue weighted by Crippen LogP contribution is -2.31. The summed E-state index contributed by atoms with van der Waals surface area (Å²) in [6, 6.07) is 15.6. The topological polar surface area (TPSA) is 49.8 Å². The number of halogens is 1. The van der Waals surface area contributed by atoms with Crippen LogP contribution in [-0.4, -0.2) is 23.7 Å². The van der Waals surface area contributed by atoms with Gasteiger partial charge in [0.05, 0.1) is 6.42 Å². The van der Waals surface area contributed by atoms with Crippen LogP contribution in [0.1, 0.15) is 19.3 Å². The second kappa shape index (κ2) is 7.04. The maximum atomic E-state index is 11.0. The molecule has 0 amide bonds. The van der Waals surface area contributed by atoms with Crippen LogP contribution in [0.25, 0.3) is 0 Å². The van der Waals surface area contributed by atoms with Crippen molar-refractivity contribution in [3.8, 4) is 11.5 Å². The molecular formula is C18H18BrNO3. The maximum Gasteiger partial charge on any atom is 0.305 e. The van der Waals surface area contributed by atoms with E-state index in [2.05, 4.69) is 20.8 Å². The van der Waals surface area contributed by atoms with E-state index in [1.165, 1.54) is 0 Å². The van der Waals surface area contributed by atoms with E-state index < -0.39 is 5.97 Å². The van der Waals surface area contributed by atoms with E-state index in [-0.39, 0.29) is 12.5 Å². The second-order valence-corrected chi connectivity index (χ2v) is 6.56. The summed E-state index contributed by atoms with van der Waals surface area (Å²) >= 11 is 3.42. The molecule has 0 aromatic heterocycles. The molecular weight excluding hydrogens is 358 g/mol. The van der Waals surface area contributed by atoms with Crippen molar-refractivity contribution in [3.63, 3.8) is 0 Å². The predicted molar refractivity (Wildman–Crippen MR) is 93.3 cm³/mol. The van der Waals surface area contributed by atoms with Crippen LogP contribution < -0.4 is 9.64 Å². The maximum absolute atomic E-state index is 11.0. The van der Waals surface area contributed by atoms with Crippen LogP contribution in [0.2, 0.25) is 0 Å². The molecule has 2 aromatic rings. The number of hydrogen-bond donors (Lipinski definition) is 1. The zero-order valence-corrected chi connectivity index (χ0v) is 14.2. The lowest BCUT2D eigenvalue weighted by Gasteiger charge is -2.25. The van der Waals surface area contributed by atoms with Crippen LogP contribution in [-0.2, 0) is 4.79 Å². The SMILES string of the molecule is O=C(O)C[C@@H]1CCCN1c1ccc(Oc2cccc(Br)c2)cc1. The fourth-order valence-electron chi connectivity index (χ4n) is 2.96. The molecule has 0 unspecified atom stereocenters. The number of benzene rings is 2. The van der Waals surface area contributed by atoms with Gasteiger partial charge in [-0.05, 0) is 55.3 Å². The third-order valence-corrected chi connectivity index (χ3v) is 4.48. The van der Waals surface area contributed by atoms with Gasteiger partial charge in [-0.3, -0.25) is 4.79 Å². The van der Waals surface area contributed by atoms with Gasteiger partial charge in [0.25, 0.3) is 0 Å². The molecule has 5 heteroatoms. The molecule has 1 N–H and O–H groups in total. The van der Waals surface area contributed by atoms with E-state index in [1.54, 1.807) is 0 Å². The van der Waals surface area contributed by atoms with Gasteiger partial charge in [-0.15, -0.1) is 0 Å². The van der Waals surface area contributed by atoms with Gasteiger partial charge in [0.15, 0.2) is 0 Å². The van der Waals surface area contributed by atoms with Crippen molar-refractivity contribution in [1.82, 2.24) is 0 Å². The van der Waals surface area contributed by atoms with Gasteiger partial charge in [0.1, 0.15) is 11.5 Å². The van der Waals surface area contributed by atoms with Crippen molar-refractivity contribution in [2.45, 2.75) is 25.3 Å². The molecule has 0 saturated carbocycles. The Labute approximate surface area is 143 Å². The fourth-order valence-corrected chi connectivity index (χ4v) is 3.34. The van der Waals surface area contributed by atoms with Crippen molar-refractivity contribution < 1.29 is 14.6 Å². The highest BCUT2D eigenvalue weighted by atomic mass is 79.9. The molecule has 1 heterocycles. The summed E-state index contributed by atoms with van der Waals surface area (Å²) in [7, 11) is 0. The molecule has 1 atom stereocenters. The quantitative estimate of drug-likeness (QED) is 0.823. The third kappa shape index (κ3) is 4.05. The number of carboxylic acids is 1. The number of anilines is 1. The molecule has 0 spiro atoms. The number of nitrogens with zero attached hydrogens (tertiary/aromatic N) is 1. The molecule has 1 aliphatic heterocycles. The van der Waals surface area contributed by atoms with E-state index >= 15 is 0 Å². The van der Waals surface area contributed by atoms with Gasteiger partial charge < -0.3 is 14.7 Å². The van der Waals surface area contributed by atoms with Crippen LogP contribution in [0.5, 0.6) is 11.5 Å². The first kappa shape index (κ1) is 15.9. The highest BCUT2D eigenvalue weighted by molar-refractivity contribution is 9.10. The van der Waals surface area contributed by atoms with Crippen molar-refractivity contribution in [1.29, 1.82) is 0 Å². The first-order valence-corrected chi connectivity index (χ1v) is 8.43. The van der Waals surface area contributed by atoms with Crippen molar-refractivity contribution in [2.75, 3.05) is 11.4 Å². The monoisotopic (exact) mass is 375 g/mol. The minimum absolute atomic E-state index is 0.0874. The second-order valence-electron chi connectivity index (χ2n) is 5.64. The normalized spacial score (nSPS) is 17.3. The summed E-state index contributed by atoms with van der Waals surface area (Å²) < 4.78 is 6.80. The molecule has 1 aliphatic rings. The number of carbonyl (C=O) groups is 1. The molecule has 3 rings (SSSR count). The Morgan fingerprint density at radius 1 is 1.22 bits per heavy atom. The number of rotatable bonds is 5. The Morgan fingerprint density at radius 2 is 2.00 bits per heavy atom. The van der Waals surface area contributed by atoms with Gasteiger partial charge in [-0.1, -0.05) is 22.0 Å². The third-order valence-electron chi connectivity index (χ3n) is 3.99. The average molecular weight is 376 g/mol. The van der Waals surface area contributed by atoms with Gasteiger partial charge >= 0.3 is 5.97 Å². The molecule has 2 aromatic carbocycles. The Bertz CT molecular complexity index is 687. The zero-order chi connectivity index (χ0) is 16.2. The molecule has 0 aliphatic carbocycles. The van der Waals surface area contributed by atoms with E-state index in [1.807, 2.05) is 48.5 Å². The number of aliphatic carboxylic acids is 1. The smallest absolute Gasteiger partial charge is 0.305 e. The number of ether oxygens (including phenoxy) is 1. The summed E-state index contributed by atoms with van der Waals surface area (Å²) in [5.74, 6) is 0.800. The van der Waals surface area contributed by atoms with Gasteiger partial charge in [-0.2, -0.15) is 0 Å². The minimum Gasteiger partial charge on any atom is -0.481 e. The largest absolute Gasteiger partial charge is 0.481 e. The van der Waals surface area contributed by atoms with Crippen molar-refractivity contribution >= 4 is 27.6 Å². The molecule has 4 nitrogen and oxygen atoms in total. The molecule has 1 saturated heterocycles. The molecule has 0 radical (unpaired) electrons. The zero-order valence-electron chi connectivity index (χ0n) is 12.6. The highest BCUT2D eigenvalue weighted by Gasteiger charge is 2.26. The molecule has 1 fully saturated rings. The Morgan fingerprint density at radius 3 is 2.70 bits per heavy atom. The van der Waals surface area contributed by atoms with Crippen LogP contribution in [0, 0.1) is 0 Å². The highest BCUT2D eigenvalue weighted by Crippen LogP contribution is 2.30. The Hall–Kier alpha value is -2.01. The summed E-state index contributed by atoms with van der Waals surface area (Å²) in [6.45, 7) is 0.907. The first-order valence-electron chi connectivity index (χ1n) is 7.64. The van der Waals surface area contributed by atoms with Crippen molar-refractivity contribution in [2.24, 2.45) is 0 Å². The predicted octanol–water partition coefficient (Wildman–Crippen LogP) is 4.68. The van der Waals surface area contributed by atoms with Gasteiger partial charge in [0, 0.05) is 22.7 Å². The van der Waals surface area contributed by atoms with E-state index in [9.17, 15) is 4.79 Å². The number of carboxylic acid groups (broad SMARTS) is 1. The number of hydrogen-bond acceptors (Lipinski definition) is 3. The van der Waals surface area contributed by atoms with Crippen LogP contribution in [0.4, 0.5) is 5.69 Å². The molecule has 0 bridgehead atoms. The van der Waals surface area contributed by atoms with Gasteiger partial charge in [-0.25, -0.2) is 0 Å². The lowest BCUT2D eigenvalue weighted by molar-refractivity contribution is -0.137. The molecule has 120 valence electrons. The minimum atomic E-state index is -0.739. The molecule has 23 heavy (non-hydrogen) atoms. The van der Waals surface area contributed by atoms with Crippen LogP contribution in [0.15, 0.2) is 53.0 Å². The Kier molecular flexibility index (Phi) is 4.86. The van der Waals surface area contributed by atoms with Gasteiger partial charge in [0.2, 0.25) is 0 Å². The standard InChI is InChI=1S/C18H18BrNO3/c19-13-3-1-5-17(11-13)23-16-8-6-14(7-9-16)20-10-2-4-15(20)12-18(21)22/h1,3,5-9,11,15H,2,4,10,12H2,(H,21,22)/t15-/m0/s1. The van der Waals surface area contributed by atoms with Crippen LogP contribution in [0.3, 0.4) is 0 Å². The first-order chi connectivity index (χ1) is 11.1. The summed E-state index contributed by atoms with van der Waals surface area (Å²) in [6.07, 6.45) is 2.16. The summed E-state index contributed by atoms with van der Waals surface area (Å²) in [5.41, 5.74) is 1.05. The fraction of sp³-hybridized carbons (Fsp3) is 0.278. The average Bonchev–Trinajstić information content (AvgIpc) is 2.95. The van der Waals surface area contributed by atoms with E-state index in [0.29, 0.717) is 0 Å². The Balaban J connectivity index is 1.70. The van der Waals surface area contributed by atoms with E-state index in [0.717, 1.165) is 41.0 Å².